The van der Waals surface area contributed by atoms with E-state index in [1.54, 1.807) is 6.08 Å². The number of amides is 1. The summed E-state index contributed by atoms with van der Waals surface area (Å²) in [6, 6.07) is 7.68. The predicted molar refractivity (Wildman–Crippen MR) is 93.4 cm³/mol. The maximum absolute atomic E-state index is 12.0. The Morgan fingerprint density at radius 2 is 2.12 bits per heavy atom. The Hall–Kier alpha value is -2.63. The molecule has 1 N–H and O–H groups in total. The van der Waals surface area contributed by atoms with Gasteiger partial charge in [-0.25, -0.2) is 0 Å². The van der Waals surface area contributed by atoms with Crippen LogP contribution < -0.4 is 10.1 Å². The third-order valence-corrected chi connectivity index (χ3v) is 3.84. The molecule has 0 fully saturated rings. The molecule has 0 spiro atoms. The zero-order valence-corrected chi connectivity index (χ0v) is 14.6. The van der Waals surface area contributed by atoms with Crippen LogP contribution in [0.2, 0.25) is 0 Å². The second kappa shape index (κ2) is 8.29. The molecule has 128 valence electrons. The number of rotatable bonds is 7. The maximum Gasteiger partial charge on any atom is 0.244 e. The number of hydrogen-bond acceptors (Lipinski definition) is 4. The van der Waals surface area contributed by atoms with Gasteiger partial charge in [0, 0.05) is 18.7 Å². The summed E-state index contributed by atoms with van der Waals surface area (Å²) in [5.74, 6) is 2.12. The Morgan fingerprint density at radius 1 is 1.38 bits per heavy atom. The van der Waals surface area contributed by atoms with Crippen molar-refractivity contribution >= 4 is 12.0 Å². The third-order valence-electron chi connectivity index (χ3n) is 3.84. The quantitative estimate of drug-likeness (QED) is 0.793. The number of carbonyl (C=O) groups is 1. The number of benzene rings is 1. The Labute approximate surface area is 142 Å². The van der Waals surface area contributed by atoms with E-state index >= 15 is 0 Å². The van der Waals surface area contributed by atoms with E-state index in [9.17, 15) is 4.79 Å². The first-order chi connectivity index (χ1) is 11.5. The second-order valence-electron chi connectivity index (χ2n) is 5.65. The Balaban J connectivity index is 1.97. The molecule has 0 aliphatic rings. The highest BCUT2D eigenvalue weighted by Gasteiger charge is 2.07. The summed E-state index contributed by atoms with van der Waals surface area (Å²) in [5, 5.41) is 10.8. The van der Waals surface area contributed by atoms with Gasteiger partial charge in [-0.05, 0) is 32.4 Å². The first-order valence-corrected chi connectivity index (χ1v) is 8.07. The van der Waals surface area contributed by atoms with Crippen LogP contribution in [0.15, 0.2) is 30.3 Å². The van der Waals surface area contributed by atoms with Crippen molar-refractivity contribution in [3.63, 3.8) is 0 Å². The number of aromatic nitrogens is 3. The van der Waals surface area contributed by atoms with Crippen molar-refractivity contribution in [2.45, 2.75) is 39.8 Å². The Bertz CT molecular complexity index is 722. The van der Waals surface area contributed by atoms with E-state index in [-0.39, 0.29) is 12.0 Å². The molecule has 6 heteroatoms. The summed E-state index contributed by atoms with van der Waals surface area (Å²) in [5.41, 5.74) is 0.877. The van der Waals surface area contributed by atoms with E-state index in [1.165, 1.54) is 6.08 Å². The zero-order valence-electron chi connectivity index (χ0n) is 14.6. The van der Waals surface area contributed by atoms with Gasteiger partial charge in [0.05, 0.1) is 12.6 Å². The molecule has 0 aliphatic carbocycles. The molecule has 24 heavy (non-hydrogen) atoms. The molecule has 1 aromatic heterocycles. The summed E-state index contributed by atoms with van der Waals surface area (Å²) in [4.78, 5) is 12.0. The molecule has 1 heterocycles. The SMILES string of the molecule is CC[C@@H](C)Oc1ccccc1/C=C/C(=O)NCc1nnc(C)n1C. The van der Waals surface area contributed by atoms with Gasteiger partial charge in [0.1, 0.15) is 11.6 Å². The maximum atomic E-state index is 12.0. The van der Waals surface area contributed by atoms with Crippen molar-refractivity contribution in [3.05, 3.63) is 47.6 Å². The van der Waals surface area contributed by atoms with Crippen LogP contribution in [0, 0.1) is 6.92 Å². The lowest BCUT2D eigenvalue weighted by atomic mass is 10.2. The molecular formula is C18H24N4O2. The first kappa shape index (κ1) is 17.7. The van der Waals surface area contributed by atoms with Crippen molar-refractivity contribution in [2.75, 3.05) is 0 Å². The van der Waals surface area contributed by atoms with Crippen LogP contribution in [0.25, 0.3) is 6.08 Å². The molecule has 0 bridgehead atoms. The summed E-state index contributed by atoms with van der Waals surface area (Å²) in [6.45, 7) is 6.30. The molecule has 6 nitrogen and oxygen atoms in total. The van der Waals surface area contributed by atoms with Crippen LogP contribution in [-0.4, -0.2) is 26.8 Å². The lowest BCUT2D eigenvalue weighted by Gasteiger charge is -2.14. The Morgan fingerprint density at radius 3 is 2.79 bits per heavy atom. The van der Waals surface area contributed by atoms with Gasteiger partial charge in [-0.3, -0.25) is 4.79 Å². The molecule has 0 saturated heterocycles. The van der Waals surface area contributed by atoms with Gasteiger partial charge in [0.2, 0.25) is 5.91 Å². The predicted octanol–water partition coefficient (Wildman–Crippen LogP) is 2.63. The number of hydrogen-bond donors (Lipinski definition) is 1. The average molecular weight is 328 g/mol. The molecule has 1 amide bonds. The molecule has 2 aromatic rings. The highest BCUT2D eigenvalue weighted by atomic mass is 16.5. The Kier molecular flexibility index (Phi) is 6.12. The fourth-order valence-electron chi connectivity index (χ4n) is 2.02. The van der Waals surface area contributed by atoms with Crippen molar-refractivity contribution in [3.8, 4) is 5.75 Å². The lowest BCUT2D eigenvalue weighted by Crippen LogP contribution is -2.22. The average Bonchev–Trinajstić information content (AvgIpc) is 2.91. The number of aryl methyl sites for hydroxylation is 1. The second-order valence-corrected chi connectivity index (χ2v) is 5.65. The van der Waals surface area contributed by atoms with Crippen LogP contribution in [0.5, 0.6) is 5.75 Å². The van der Waals surface area contributed by atoms with Crippen LogP contribution in [-0.2, 0) is 18.4 Å². The van der Waals surface area contributed by atoms with Crippen molar-refractivity contribution in [1.29, 1.82) is 0 Å². The van der Waals surface area contributed by atoms with Gasteiger partial charge in [-0.15, -0.1) is 10.2 Å². The standard InChI is InChI=1S/C18H24N4O2/c1-5-13(2)24-16-9-7-6-8-15(16)10-11-18(23)19-12-17-21-20-14(3)22(17)4/h6-11,13H,5,12H2,1-4H3,(H,19,23)/b11-10+/t13-/m1/s1. The van der Waals surface area contributed by atoms with Crippen LogP contribution in [0.1, 0.15) is 37.5 Å². The minimum absolute atomic E-state index is 0.132. The van der Waals surface area contributed by atoms with E-state index in [0.717, 1.165) is 29.4 Å². The van der Waals surface area contributed by atoms with E-state index in [0.29, 0.717) is 6.54 Å². The minimum atomic E-state index is -0.186. The van der Waals surface area contributed by atoms with E-state index in [4.69, 9.17) is 4.74 Å². The smallest absolute Gasteiger partial charge is 0.244 e. The highest BCUT2D eigenvalue weighted by Crippen LogP contribution is 2.21. The molecule has 0 radical (unpaired) electrons. The van der Waals surface area contributed by atoms with E-state index in [1.807, 2.05) is 49.7 Å². The number of para-hydroxylation sites is 1. The normalized spacial score (nSPS) is 12.3. The number of nitrogens with one attached hydrogen (secondary N) is 1. The molecule has 1 atom stereocenters. The summed E-state index contributed by atoms with van der Waals surface area (Å²) in [6.07, 6.45) is 4.32. The molecule has 0 unspecified atom stereocenters. The fraction of sp³-hybridized carbons (Fsp3) is 0.389. The highest BCUT2D eigenvalue weighted by molar-refractivity contribution is 5.92. The van der Waals surface area contributed by atoms with E-state index in [2.05, 4.69) is 22.4 Å². The summed E-state index contributed by atoms with van der Waals surface area (Å²) in [7, 11) is 1.87. The topological polar surface area (TPSA) is 69.0 Å². The van der Waals surface area contributed by atoms with Gasteiger partial charge in [0.25, 0.3) is 0 Å². The van der Waals surface area contributed by atoms with Crippen molar-refractivity contribution in [2.24, 2.45) is 7.05 Å². The van der Waals surface area contributed by atoms with Crippen LogP contribution >= 0.6 is 0 Å². The zero-order chi connectivity index (χ0) is 17.5. The van der Waals surface area contributed by atoms with Crippen molar-refractivity contribution < 1.29 is 9.53 Å². The molecule has 1 aromatic carbocycles. The third kappa shape index (κ3) is 4.68. The van der Waals surface area contributed by atoms with Gasteiger partial charge < -0.3 is 14.6 Å². The van der Waals surface area contributed by atoms with Gasteiger partial charge in [-0.1, -0.05) is 25.1 Å². The van der Waals surface area contributed by atoms with Gasteiger partial charge in [-0.2, -0.15) is 0 Å². The largest absolute Gasteiger partial charge is 0.490 e. The minimum Gasteiger partial charge on any atom is -0.490 e. The van der Waals surface area contributed by atoms with Gasteiger partial charge >= 0.3 is 0 Å². The monoisotopic (exact) mass is 328 g/mol. The number of carbonyl (C=O) groups excluding carboxylic acids is 1. The molecule has 2 rings (SSSR count). The number of ether oxygens (including phenoxy) is 1. The van der Waals surface area contributed by atoms with Crippen molar-refractivity contribution in [1.82, 2.24) is 20.1 Å². The lowest BCUT2D eigenvalue weighted by molar-refractivity contribution is -0.116. The van der Waals surface area contributed by atoms with Crippen LogP contribution in [0.3, 0.4) is 0 Å². The van der Waals surface area contributed by atoms with E-state index < -0.39 is 0 Å². The van der Waals surface area contributed by atoms with Gasteiger partial charge in [0.15, 0.2) is 5.82 Å². The summed E-state index contributed by atoms with van der Waals surface area (Å²) >= 11 is 0. The molecule has 0 aliphatic heterocycles. The molecular weight excluding hydrogens is 304 g/mol. The first-order valence-electron chi connectivity index (χ1n) is 8.07. The molecule has 0 saturated carbocycles. The van der Waals surface area contributed by atoms with Crippen LogP contribution in [0.4, 0.5) is 0 Å². The number of nitrogens with zero attached hydrogens (tertiary/aromatic N) is 3. The fourth-order valence-corrected chi connectivity index (χ4v) is 2.02. The summed E-state index contributed by atoms with van der Waals surface area (Å²) < 4.78 is 7.72.